The maximum atomic E-state index is 11.9. The van der Waals surface area contributed by atoms with Crippen LogP contribution < -0.4 is 15.4 Å². The number of halogens is 1. The summed E-state index contributed by atoms with van der Waals surface area (Å²) < 4.78 is 5.64. The molecule has 4 nitrogen and oxygen atoms in total. The average molecular weight is 299 g/mol. The lowest BCUT2D eigenvalue weighted by atomic mass is 9.88. The van der Waals surface area contributed by atoms with Gasteiger partial charge in [0.25, 0.3) is 0 Å². The third-order valence-electron chi connectivity index (χ3n) is 3.69. The summed E-state index contributed by atoms with van der Waals surface area (Å²) in [5, 5.41) is 6.12. The number of nitrogens with one attached hydrogen (secondary N) is 2. The number of aryl methyl sites for hydroxylation is 1. The summed E-state index contributed by atoms with van der Waals surface area (Å²) in [6.07, 6.45) is 0. The van der Waals surface area contributed by atoms with E-state index in [9.17, 15) is 4.79 Å². The van der Waals surface area contributed by atoms with Crippen molar-refractivity contribution in [2.45, 2.75) is 13.8 Å². The number of para-hydroxylation sites is 1. The fourth-order valence-electron chi connectivity index (χ4n) is 2.09. The van der Waals surface area contributed by atoms with Crippen molar-refractivity contribution in [3.05, 3.63) is 29.8 Å². The van der Waals surface area contributed by atoms with Crippen LogP contribution in [-0.4, -0.2) is 32.1 Å². The second kappa shape index (κ2) is 8.12. The van der Waals surface area contributed by atoms with E-state index in [0.717, 1.165) is 24.4 Å². The maximum absolute atomic E-state index is 11.9. The van der Waals surface area contributed by atoms with Crippen molar-refractivity contribution in [1.29, 1.82) is 0 Å². The fourth-order valence-corrected chi connectivity index (χ4v) is 2.09. The fraction of sp³-hybridized carbons (Fsp3) is 0.533. The van der Waals surface area contributed by atoms with E-state index in [1.54, 1.807) is 0 Å². The van der Waals surface area contributed by atoms with Crippen molar-refractivity contribution in [3.8, 4) is 5.75 Å². The molecular weight excluding hydrogens is 276 g/mol. The van der Waals surface area contributed by atoms with E-state index in [0.29, 0.717) is 19.1 Å². The van der Waals surface area contributed by atoms with Gasteiger partial charge in [0.15, 0.2) is 0 Å². The molecule has 0 aliphatic carbocycles. The highest BCUT2D eigenvalue weighted by Crippen LogP contribution is 2.16. The summed E-state index contributed by atoms with van der Waals surface area (Å²) in [6.45, 7) is 6.97. The van der Waals surface area contributed by atoms with E-state index in [1.807, 2.05) is 38.1 Å². The van der Waals surface area contributed by atoms with Gasteiger partial charge in [-0.25, -0.2) is 0 Å². The molecule has 2 N–H and O–H groups in total. The first-order valence-electron chi connectivity index (χ1n) is 6.85. The van der Waals surface area contributed by atoms with E-state index < -0.39 is 0 Å². The number of rotatable bonds is 6. The Morgan fingerprint density at radius 1 is 1.45 bits per heavy atom. The van der Waals surface area contributed by atoms with Gasteiger partial charge in [-0.1, -0.05) is 25.1 Å². The zero-order valence-corrected chi connectivity index (χ0v) is 12.8. The molecule has 5 heteroatoms. The predicted octanol–water partition coefficient (Wildman–Crippen LogP) is 1.77. The lowest BCUT2D eigenvalue weighted by Gasteiger charge is -2.31. The van der Waals surface area contributed by atoms with Crippen LogP contribution >= 0.6 is 12.4 Å². The Morgan fingerprint density at radius 2 is 2.15 bits per heavy atom. The van der Waals surface area contributed by atoms with Crippen LogP contribution in [0, 0.1) is 18.8 Å². The minimum atomic E-state index is 0. The average Bonchev–Trinajstić information content (AvgIpc) is 2.34. The molecule has 1 unspecified atom stereocenters. The molecule has 0 radical (unpaired) electrons. The van der Waals surface area contributed by atoms with Crippen molar-refractivity contribution < 1.29 is 9.53 Å². The summed E-state index contributed by atoms with van der Waals surface area (Å²) in [5.41, 5.74) is 1.11. The number of hydrogen-bond donors (Lipinski definition) is 2. The van der Waals surface area contributed by atoms with Gasteiger partial charge < -0.3 is 15.4 Å². The van der Waals surface area contributed by atoms with Gasteiger partial charge in [-0.15, -0.1) is 12.4 Å². The molecule has 1 atom stereocenters. The van der Waals surface area contributed by atoms with Crippen LogP contribution in [0.5, 0.6) is 5.75 Å². The first kappa shape index (κ1) is 16.8. The summed E-state index contributed by atoms with van der Waals surface area (Å²) in [6, 6.07) is 7.89. The summed E-state index contributed by atoms with van der Waals surface area (Å²) in [4.78, 5) is 11.9. The second-order valence-corrected chi connectivity index (χ2v) is 5.11. The summed E-state index contributed by atoms with van der Waals surface area (Å²) in [7, 11) is 0. The minimum absolute atomic E-state index is 0. The van der Waals surface area contributed by atoms with Crippen LogP contribution in [0.1, 0.15) is 12.5 Å². The number of carbonyl (C=O) groups excluding carboxylic acids is 1. The molecule has 1 heterocycles. The van der Waals surface area contributed by atoms with Crippen LogP contribution in [0.4, 0.5) is 0 Å². The molecule has 0 saturated carbocycles. The molecule has 1 aromatic rings. The van der Waals surface area contributed by atoms with Crippen LogP contribution in [0.2, 0.25) is 0 Å². The van der Waals surface area contributed by atoms with Crippen molar-refractivity contribution in [3.63, 3.8) is 0 Å². The summed E-state index contributed by atoms with van der Waals surface area (Å²) in [5.74, 6) is 1.57. The normalized spacial score (nSPS) is 15.7. The van der Waals surface area contributed by atoms with Crippen molar-refractivity contribution in [2.75, 3.05) is 26.2 Å². The van der Waals surface area contributed by atoms with Crippen LogP contribution in [0.3, 0.4) is 0 Å². The molecule has 2 rings (SSSR count). The van der Waals surface area contributed by atoms with Crippen LogP contribution in [-0.2, 0) is 4.79 Å². The highest BCUT2D eigenvalue weighted by molar-refractivity contribution is 5.85. The third kappa shape index (κ3) is 4.39. The number of hydrogen-bond acceptors (Lipinski definition) is 3. The maximum Gasteiger partial charge on any atom is 0.223 e. The molecule has 1 aliphatic heterocycles. The Kier molecular flexibility index (Phi) is 6.82. The zero-order chi connectivity index (χ0) is 13.7. The Balaban J connectivity index is 0.00000200. The SMILES string of the molecule is Cc1ccccc1OCCNC(=O)C(C)C1CNC1.Cl. The molecule has 1 aromatic carbocycles. The van der Waals surface area contributed by atoms with Gasteiger partial charge in [-0.3, -0.25) is 4.79 Å². The van der Waals surface area contributed by atoms with Crippen molar-refractivity contribution in [2.24, 2.45) is 11.8 Å². The first-order valence-corrected chi connectivity index (χ1v) is 6.85. The Hall–Kier alpha value is -1.26. The molecule has 1 aliphatic rings. The van der Waals surface area contributed by atoms with Gasteiger partial charge in [0.05, 0.1) is 6.54 Å². The van der Waals surface area contributed by atoms with Crippen LogP contribution in [0.15, 0.2) is 24.3 Å². The van der Waals surface area contributed by atoms with E-state index in [2.05, 4.69) is 10.6 Å². The topological polar surface area (TPSA) is 50.4 Å². The largest absolute Gasteiger partial charge is 0.491 e. The first-order chi connectivity index (χ1) is 9.18. The number of ether oxygens (including phenoxy) is 1. The molecule has 0 spiro atoms. The molecule has 0 aromatic heterocycles. The molecule has 0 bridgehead atoms. The quantitative estimate of drug-likeness (QED) is 0.787. The van der Waals surface area contributed by atoms with Gasteiger partial charge >= 0.3 is 0 Å². The molecule has 112 valence electrons. The van der Waals surface area contributed by atoms with E-state index >= 15 is 0 Å². The zero-order valence-electron chi connectivity index (χ0n) is 12.0. The predicted molar refractivity (Wildman–Crippen MR) is 82.5 cm³/mol. The van der Waals surface area contributed by atoms with E-state index in [1.165, 1.54) is 0 Å². The van der Waals surface area contributed by atoms with Crippen LogP contribution in [0.25, 0.3) is 0 Å². The lowest BCUT2D eigenvalue weighted by molar-refractivity contribution is -0.126. The second-order valence-electron chi connectivity index (χ2n) is 5.11. The lowest BCUT2D eigenvalue weighted by Crippen LogP contribution is -2.49. The van der Waals surface area contributed by atoms with Gasteiger partial charge in [0.1, 0.15) is 12.4 Å². The molecule has 1 saturated heterocycles. The Labute approximate surface area is 126 Å². The standard InChI is InChI=1S/C15H22N2O2.ClH/c1-11-5-3-4-6-14(11)19-8-7-17-15(18)12(2)13-9-16-10-13;/h3-6,12-13,16H,7-10H2,1-2H3,(H,17,18);1H. The third-order valence-corrected chi connectivity index (χ3v) is 3.69. The number of carbonyl (C=O) groups is 1. The molecule has 1 amide bonds. The monoisotopic (exact) mass is 298 g/mol. The van der Waals surface area contributed by atoms with E-state index in [4.69, 9.17) is 4.74 Å². The minimum Gasteiger partial charge on any atom is -0.491 e. The molecular formula is C15H23ClN2O2. The highest BCUT2D eigenvalue weighted by Gasteiger charge is 2.28. The molecule has 20 heavy (non-hydrogen) atoms. The Morgan fingerprint density at radius 3 is 2.75 bits per heavy atom. The number of benzene rings is 1. The summed E-state index contributed by atoms with van der Waals surface area (Å²) >= 11 is 0. The number of amides is 1. The van der Waals surface area contributed by atoms with E-state index in [-0.39, 0.29) is 24.2 Å². The smallest absolute Gasteiger partial charge is 0.223 e. The van der Waals surface area contributed by atoms with Gasteiger partial charge in [0.2, 0.25) is 5.91 Å². The molecule has 1 fully saturated rings. The van der Waals surface area contributed by atoms with Gasteiger partial charge in [0, 0.05) is 5.92 Å². The highest BCUT2D eigenvalue weighted by atomic mass is 35.5. The van der Waals surface area contributed by atoms with Gasteiger partial charge in [-0.2, -0.15) is 0 Å². The van der Waals surface area contributed by atoms with Gasteiger partial charge in [-0.05, 0) is 37.6 Å². The Bertz CT molecular complexity index is 436. The van der Waals surface area contributed by atoms with Crippen molar-refractivity contribution >= 4 is 18.3 Å². The van der Waals surface area contributed by atoms with Crippen molar-refractivity contribution in [1.82, 2.24) is 10.6 Å².